The normalized spacial score (nSPS) is 11.3. The van der Waals surface area contributed by atoms with Crippen molar-refractivity contribution in [2.45, 2.75) is 25.5 Å². The van der Waals surface area contributed by atoms with Gasteiger partial charge >= 0.3 is 18.0 Å². The third kappa shape index (κ3) is 6.42. The molecular weight excluding hydrogens is 312 g/mol. The van der Waals surface area contributed by atoms with Crippen LogP contribution in [0.4, 0.5) is 10.5 Å². The van der Waals surface area contributed by atoms with Gasteiger partial charge in [0.25, 0.3) is 5.69 Å². The molecule has 0 fully saturated rings. The van der Waals surface area contributed by atoms with Crippen molar-refractivity contribution < 1.29 is 34.3 Å². The number of rotatable bonds is 8. The third-order valence-electron chi connectivity index (χ3n) is 2.75. The van der Waals surface area contributed by atoms with E-state index >= 15 is 0 Å². The number of carbonyl (C=O) groups is 3. The zero-order chi connectivity index (χ0) is 17.4. The maximum Gasteiger partial charge on any atom is 0.408 e. The first kappa shape index (κ1) is 17.9. The first-order valence-electron chi connectivity index (χ1n) is 6.41. The molecule has 0 saturated carbocycles. The van der Waals surface area contributed by atoms with Gasteiger partial charge in [-0.15, -0.1) is 0 Å². The van der Waals surface area contributed by atoms with Crippen molar-refractivity contribution in [3.8, 4) is 0 Å². The van der Waals surface area contributed by atoms with Crippen LogP contribution in [0.25, 0.3) is 0 Å². The Morgan fingerprint density at radius 3 is 2.30 bits per heavy atom. The van der Waals surface area contributed by atoms with Crippen molar-refractivity contribution in [3.05, 3.63) is 39.9 Å². The summed E-state index contributed by atoms with van der Waals surface area (Å²) >= 11 is 0. The number of hydrogen-bond donors (Lipinski definition) is 3. The standard InChI is InChI=1S/C13H14N2O8/c16-11(17)6-5-10(12(18)19)14-13(20)23-7-8-1-3-9(4-2-8)15(21)22/h1-4,10H,5-7H2,(H,14,20)(H,16,17)(H,18,19)/t10-/m0/s1. The van der Waals surface area contributed by atoms with Gasteiger partial charge in [0, 0.05) is 18.6 Å². The van der Waals surface area contributed by atoms with Crippen molar-refractivity contribution in [2.75, 3.05) is 0 Å². The second-order valence-corrected chi connectivity index (χ2v) is 4.47. The van der Waals surface area contributed by atoms with Gasteiger partial charge in [-0.1, -0.05) is 0 Å². The van der Waals surface area contributed by atoms with E-state index in [1.54, 1.807) is 0 Å². The Morgan fingerprint density at radius 2 is 1.83 bits per heavy atom. The molecule has 1 amide bonds. The Hall–Kier alpha value is -3.17. The summed E-state index contributed by atoms with van der Waals surface area (Å²) < 4.78 is 4.79. The molecule has 0 aromatic heterocycles. The van der Waals surface area contributed by atoms with Gasteiger partial charge in [0.15, 0.2) is 0 Å². The van der Waals surface area contributed by atoms with Gasteiger partial charge in [-0.3, -0.25) is 14.9 Å². The van der Waals surface area contributed by atoms with E-state index < -0.39 is 35.4 Å². The van der Waals surface area contributed by atoms with Crippen LogP contribution in [0.5, 0.6) is 0 Å². The van der Waals surface area contributed by atoms with Crippen LogP contribution in [-0.4, -0.2) is 39.2 Å². The molecule has 0 bridgehead atoms. The van der Waals surface area contributed by atoms with Gasteiger partial charge in [0.05, 0.1) is 4.92 Å². The number of carboxylic acid groups (broad SMARTS) is 2. The lowest BCUT2D eigenvalue weighted by atomic mass is 10.1. The SMILES string of the molecule is O=C(O)CC[C@H](NC(=O)OCc1ccc([N+](=O)[O-])cc1)C(=O)O. The summed E-state index contributed by atoms with van der Waals surface area (Å²) in [6.07, 6.45) is -1.72. The number of carboxylic acids is 2. The van der Waals surface area contributed by atoms with E-state index in [2.05, 4.69) is 0 Å². The van der Waals surface area contributed by atoms with Crippen molar-refractivity contribution in [3.63, 3.8) is 0 Å². The number of non-ortho nitro benzene ring substituents is 1. The number of amides is 1. The van der Waals surface area contributed by atoms with Crippen molar-refractivity contribution in [1.82, 2.24) is 5.32 Å². The number of nitro groups is 1. The molecule has 0 unspecified atom stereocenters. The number of benzene rings is 1. The maximum absolute atomic E-state index is 11.5. The first-order valence-corrected chi connectivity index (χ1v) is 6.41. The van der Waals surface area contributed by atoms with Gasteiger partial charge in [-0.25, -0.2) is 9.59 Å². The number of nitrogens with zero attached hydrogens (tertiary/aromatic N) is 1. The average Bonchev–Trinajstić information content (AvgIpc) is 2.49. The van der Waals surface area contributed by atoms with Crippen LogP contribution in [0, 0.1) is 10.1 Å². The van der Waals surface area contributed by atoms with Gasteiger partial charge in [0.2, 0.25) is 0 Å². The fraction of sp³-hybridized carbons (Fsp3) is 0.308. The van der Waals surface area contributed by atoms with Crippen LogP contribution < -0.4 is 5.32 Å². The lowest BCUT2D eigenvalue weighted by Gasteiger charge is -2.13. The summed E-state index contributed by atoms with van der Waals surface area (Å²) in [5.41, 5.74) is 0.362. The minimum Gasteiger partial charge on any atom is -0.481 e. The topological polar surface area (TPSA) is 156 Å². The number of nitrogens with one attached hydrogen (secondary N) is 1. The molecule has 0 aliphatic rings. The highest BCUT2D eigenvalue weighted by molar-refractivity contribution is 5.80. The molecule has 10 nitrogen and oxygen atoms in total. The van der Waals surface area contributed by atoms with Crippen LogP contribution in [0.1, 0.15) is 18.4 Å². The molecule has 0 saturated heterocycles. The highest BCUT2D eigenvalue weighted by Crippen LogP contribution is 2.12. The molecule has 10 heteroatoms. The molecular formula is C13H14N2O8. The number of aliphatic carboxylic acids is 2. The molecule has 1 aromatic rings. The fourth-order valence-electron chi connectivity index (χ4n) is 1.57. The quantitative estimate of drug-likeness (QED) is 0.474. The Balaban J connectivity index is 2.49. The van der Waals surface area contributed by atoms with Crippen LogP contribution in [-0.2, 0) is 20.9 Å². The summed E-state index contributed by atoms with van der Waals surface area (Å²) in [6, 6.07) is 3.89. The highest BCUT2D eigenvalue weighted by atomic mass is 16.6. The van der Waals surface area contributed by atoms with E-state index in [1.165, 1.54) is 24.3 Å². The van der Waals surface area contributed by atoms with E-state index in [1.807, 2.05) is 5.32 Å². The summed E-state index contributed by atoms with van der Waals surface area (Å²) in [5.74, 6) is -2.56. The number of nitro benzene ring substituents is 1. The predicted octanol–water partition coefficient (Wildman–Crippen LogP) is 1.14. The molecule has 124 valence electrons. The zero-order valence-corrected chi connectivity index (χ0v) is 11.8. The zero-order valence-electron chi connectivity index (χ0n) is 11.8. The molecule has 1 aromatic carbocycles. The fourth-order valence-corrected chi connectivity index (χ4v) is 1.57. The van der Waals surface area contributed by atoms with Crippen molar-refractivity contribution in [1.29, 1.82) is 0 Å². The summed E-state index contributed by atoms with van der Waals surface area (Å²) in [5, 5.41) is 29.9. The monoisotopic (exact) mass is 326 g/mol. The van der Waals surface area contributed by atoms with Crippen LogP contribution in [0.3, 0.4) is 0 Å². The van der Waals surface area contributed by atoms with Crippen molar-refractivity contribution >= 4 is 23.7 Å². The van der Waals surface area contributed by atoms with Gasteiger partial charge in [-0.2, -0.15) is 0 Å². The molecule has 0 spiro atoms. The predicted molar refractivity (Wildman–Crippen MR) is 74.7 cm³/mol. The lowest BCUT2D eigenvalue weighted by Crippen LogP contribution is -2.41. The molecule has 0 radical (unpaired) electrons. The highest BCUT2D eigenvalue weighted by Gasteiger charge is 2.21. The smallest absolute Gasteiger partial charge is 0.408 e. The van der Waals surface area contributed by atoms with Crippen LogP contribution in [0.2, 0.25) is 0 Å². The Labute approximate surface area is 129 Å². The number of alkyl carbamates (subject to hydrolysis) is 1. The van der Waals surface area contributed by atoms with E-state index in [4.69, 9.17) is 14.9 Å². The molecule has 0 heterocycles. The van der Waals surface area contributed by atoms with E-state index in [0.717, 1.165) is 0 Å². The Kier molecular flexibility index (Phi) is 6.46. The van der Waals surface area contributed by atoms with Crippen molar-refractivity contribution in [2.24, 2.45) is 0 Å². The van der Waals surface area contributed by atoms with E-state index in [-0.39, 0.29) is 18.7 Å². The van der Waals surface area contributed by atoms with E-state index in [9.17, 15) is 24.5 Å². The second kappa shape index (κ2) is 8.32. The molecule has 23 heavy (non-hydrogen) atoms. The molecule has 0 aliphatic carbocycles. The number of ether oxygens (including phenoxy) is 1. The Bertz CT molecular complexity index is 598. The molecule has 3 N–H and O–H groups in total. The van der Waals surface area contributed by atoms with Crippen LogP contribution in [0.15, 0.2) is 24.3 Å². The van der Waals surface area contributed by atoms with Gasteiger partial charge < -0.3 is 20.3 Å². The minimum atomic E-state index is -1.38. The average molecular weight is 326 g/mol. The number of hydrogen-bond acceptors (Lipinski definition) is 6. The molecule has 1 rings (SSSR count). The Morgan fingerprint density at radius 1 is 1.22 bits per heavy atom. The van der Waals surface area contributed by atoms with Crippen LogP contribution >= 0.6 is 0 Å². The second-order valence-electron chi connectivity index (χ2n) is 4.47. The largest absolute Gasteiger partial charge is 0.481 e. The summed E-state index contributed by atoms with van der Waals surface area (Å²) in [4.78, 5) is 42.7. The molecule has 0 aliphatic heterocycles. The lowest BCUT2D eigenvalue weighted by molar-refractivity contribution is -0.384. The third-order valence-corrected chi connectivity index (χ3v) is 2.75. The first-order chi connectivity index (χ1) is 10.8. The van der Waals surface area contributed by atoms with Gasteiger partial charge in [0.1, 0.15) is 12.6 Å². The van der Waals surface area contributed by atoms with E-state index in [0.29, 0.717) is 5.56 Å². The number of carbonyl (C=O) groups excluding carboxylic acids is 1. The van der Waals surface area contributed by atoms with Gasteiger partial charge in [-0.05, 0) is 24.1 Å². The molecule has 1 atom stereocenters. The maximum atomic E-state index is 11.5. The minimum absolute atomic E-state index is 0.113. The summed E-state index contributed by atoms with van der Waals surface area (Å²) in [7, 11) is 0. The summed E-state index contributed by atoms with van der Waals surface area (Å²) in [6.45, 7) is -0.213.